The largest absolute Gasteiger partial charge is 0.497 e. The fourth-order valence-electron chi connectivity index (χ4n) is 4.68. The Hall–Kier alpha value is -4.34. The van der Waals surface area contributed by atoms with E-state index < -0.39 is 12.0 Å². The molecule has 1 aliphatic heterocycles. The van der Waals surface area contributed by atoms with Crippen LogP contribution >= 0.6 is 22.9 Å². The highest BCUT2D eigenvalue weighted by Crippen LogP contribution is 2.32. The lowest BCUT2D eigenvalue weighted by Gasteiger charge is -2.24. The van der Waals surface area contributed by atoms with Crippen LogP contribution in [0.2, 0.25) is 5.02 Å². The topological polar surface area (TPSA) is 88.4 Å². The molecule has 3 aromatic carbocycles. The zero-order chi connectivity index (χ0) is 29.8. The molecule has 0 amide bonds. The number of benzene rings is 3. The number of halogens is 1. The standard InChI is InChI=1S/C32H29ClN2O6S/c1-5-40-31(37)28-19(2)34-32-35(29(28)22-9-13-24(38-3)14-10-22)30(36)27(42-32)17-21-8-15-25(39-4)26(16-21)41-18-20-6-11-23(33)12-7-20/h6-17,29H,5,18H2,1-4H3/b27-17+. The Morgan fingerprint density at radius 1 is 1.02 bits per heavy atom. The van der Waals surface area contributed by atoms with E-state index in [0.29, 0.717) is 49.5 Å². The van der Waals surface area contributed by atoms with E-state index in [2.05, 4.69) is 4.99 Å². The lowest BCUT2D eigenvalue weighted by Crippen LogP contribution is -2.39. The van der Waals surface area contributed by atoms with Crippen molar-refractivity contribution in [1.82, 2.24) is 4.57 Å². The van der Waals surface area contributed by atoms with Gasteiger partial charge in [-0.05, 0) is 73.0 Å². The predicted molar refractivity (Wildman–Crippen MR) is 162 cm³/mol. The minimum absolute atomic E-state index is 0.204. The summed E-state index contributed by atoms with van der Waals surface area (Å²) in [6, 6.07) is 19.4. The van der Waals surface area contributed by atoms with E-state index >= 15 is 0 Å². The summed E-state index contributed by atoms with van der Waals surface area (Å²) in [5.41, 5.74) is 2.99. The number of esters is 1. The first-order valence-corrected chi connectivity index (χ1v) is 14.4. The van der Waals surface area contributed by atoms with Crippen LogP contribution in [-0.4, -0.2) is 31.4 Å². The van der Waals surface area contributed by atoms with Gasteiger partial charge < -0.3 is 18.9 Å². The van der Waals surface area contributed by atoms with Gasteiger partial charge in [-0.2, -0.15) is 0 Å². The van der Waals surface area contributed by atoms with Gasteiger partial charge in [0.05, 0.1) is 42.7 Å². The first-order chi connectivity index (χ1) is 20.3. The molecule has 8 nitrogen and oxygen atoms in total. The second kappa shape index (κ2) is 12.7. The molecule has 0 spiro atoms. The molecular formula is C32H29ClN2O6S. The van der Waals surface area contributed by atoms with Gasteiger partial charge in [-0.15, -0.1) is 0 Å². The minimum Gasteiger partial charge on any atom is -0.497 e. The van der Waals surface area contributed by atoms with Crippen molar-refractivity contribution in [3.63, 3.8) is 0 Å². The summed E-state index contributed by atoms with van der Waals surface area (Å²) in [7, 11) is 3.16. The molecule has 0 N–H and O–H groups in total. The monoisotopic (exact) mass is 604 g/mol. The van der Waals surface area contributed by atoms with Gasteiger partial charge >= 0.3 is 5.97 Å². The maximum absolute atomic E-state index is 13.9. The van der Waals surface area contributed by atoms with Crippen molar-refractivity contribution in [3.8, 4) is 17.2 Å². The molecule has 0 radical (unpaired) electrons. The van der Waals surface area contributed by atoms with E-state index in [9.17, 15) is 9.59 Å². The summed E-state index contributed by atoms with van der Waals surface area (Å²) in [4.78, 5) is 32.1. The normalized spacial score (nSPS) is 14.7. The SMILES string of the molecule is CCOC(=O)C1=C(C)N=c2s/c(=C/c3ccc(OC)c(OCc4ccc(Cl)cc4)c3)c(=O)n2C1c1ccc(OC)cc1. The van der Waals surface area contributed by atoms with Crippen LogP contribution in [0.4, 0.5) is 0 Å². The van der Waals surface area contributed by atoms with E-state index in [1.165, 1.54) is 11.3 Å². The third-order valence-corrected chi connectivity index (χ3v) is 7.98. The van der Waals surface area contributed by atoms with Crippen LogP contribution in [0.25, 0.3) is 6.08 Å². The average Bonchev–Trinajstić information content (AvgIpc) is 3.30. The summed E-state index contributed by atoms with van der Waals surface area (Å²) in [5, 5.41) is 0.651. The van der Waals surface area contributed by atoms with Gasteiger partial charge in [-0.25, -0.2) is 9.79 Å². The van der Waals surface area contributed by atoms with Crippen LogP contribution in [0.3, 0.4) is 0 Å². The van der Waals surface area contributed by atoms with E-state index in [1.807, 2.05) is 48.5 Å². The number of carbonyl (C=O) groups is 1. The maximum atomic E-state index is 13.9. The molecule has 0 saturated carbocycles. The van der Waals surface area contributed by atoms with Crippen molar-refractivity contribution in [2.45, 2.75) is 26.5 Å². The molecule has 0 aliphatic carbocycles. The zero-order valence-corrected chi connectivity index (χ0v) is 25.1. The molecular weight excluding hydrogens is 576 g/mol. The molecule has 5 rings (SSSR count). The Balaban J connectivity index is 1.57. The summed E-state index contributed by atoms with van der Waals surface area (Å²) in [5.74, 6) is 1.26. The summed E-state index contributed by atoms with van der Waals surface area (Å²) >= 11 is 7.25. The molecule has 0 fully saturated rings. The van der Waals surface area contributed by atoms with Crippen LogP contribution in [0.5, 0.6) is 17.2 Å². The molecule has 1 atom stereocenters. The Morgan fingerprint density at radius 2 is 1.76 bits per heavy atom. The lowest BCUT2D eigenvalue weighted by molar-refractivity contribution is -0.139. The number of carbonyl (C=O) groups excluding carboxylic acids is 1. The molecule has 2 heterocycles. The van der Waals surface area contributed by atoms with Crippen molar-refractivity contribution in [3.05, 3.63) is 119 Å². The van der Waals surface area contributed by atoms with Crippen molar-refractivity contribution in [2.75, 3.05) is 20.8 Å². The number of allylic oxidation sites excluding steroid dienone is 1. The molecule has 216 valence electrons. The Labute approximate surface area is 251 Å². The van der Waals surface area contributed by atoms with Gasteiger partial charge in [0.15, 0.2) is 16.3 Å². The van der Waals surface area contributed by atoms with Gasteiger partial charge in [0.1, 0.15) is 12.4 Å². The molecule has 1 unspecified atom stereocenters. The Bertz CT molecular complexity index is 1820. The van der Waals surface area contributed by atoms with E-state index in [1.54, 1.807) is 56.9 Å². The fraction of sp³-hybridized carbons (Fsp3) is 0.219. The first-order valence-electron chi connectivity index (χ1n) is 13.2. The van der Waals surface area contributed by atoms with E-state index in [-0.39, 0.29) is 12.2 Å². The van der Waals surface area contributed by atoms with Crippen LogP contribution in [0.15, 0.2) is 87.8 Å². The first kappa shape index (κ1) is 29.2. The third kappa shape index (κ3) is 5.98. The number of thiazole rings is 1. The van der Waals surface area contributed by atoms with Crippen molar-refractivity contribution in [1.29, 1.82) is 0 Å². The maximum Gasteiger partial charge on any atom is 0.338 e. The quantitative estimate of drug-likeness (QED) is 0.249. The minimum atomic E-state index is -0.706. The van der Waals surface area contributed by atoms with Gasteiger partial charge in [-0.1, -0.05) is 53.3 Å². The van der Waals surface area contributed by atoms with Gasteiger partial charge in [0, 0.05) is 5.02 Å². The number of aromatic nitrogens is 1. The molecule has 4 aromatic rings. The molecule has 42 heavy (non-hydrogen) atoms. The predicted octanol–water partition coefficient (Wildman–Crippen LogP) is 5.05. The number of hydrogen-bond donors (Lipinski definition) is 0. The highest BCUT2D eigenvalue weighted by atomic mass is 35.5. The van der Waals surface area contributed by atoms with E-state index in [4.69, 9.17) is 30.5 Å². The molecule has 1 aromatic heterocycles. The highest BCUT2D eigenvalue weighted by Gasteiger charge is 2.33. The zero-order valence-electron chi connectivity index (χ0n) is 23.5. The Kier molecular flexibility index (Phi) is 8.80. The molecule has 0 saturated heterocycles. The second-order valence-electron chi connectivity index (χ2n) is 9.40. The second-order valence-corrected chi connectivity index (χ2v) is 10.8. The van der Waals surface area contributed by atoms with Gasteiger partial charge in [-0.3, -0.25) is 9.36 Å². The number of ether oxygens (including phenoxy) is 4. The van der Waals surface area contributed by atoms with Crippen molar-refractivity contribution in [2.24, 2.45) is 4.99 Å². The summed E-state index contributed by atoms with van der Waals surface area (Å²) in [6.45, 7) is 4.02. The molecule has 1 aliphatic rings. The Morgan fingerprint density at radius 3 is 2.43 bits per heavy atom. The third-order valence-electron chi connectivity index (χ3n) is 6.74. The number of fused-ring (bicyclic) bond motifs is 1. The smallest absolute Gasteiger partial charge is 0.338 e. The summed E-state index contributed by atoms with van der Waals surface area (Å²) in [6.07, 6.45) is 1.78. The van der Waals surface area contributed by atoms with E-state index in [0.717, 1.165) is 16.7 Å². The van der Waals surface area contributed by atoms with Crippen molar-refractivity contribution >= 4 is 35.0 Å². The van der Waals surface area contributed by atoms with Crippen LogP contribution in [0, 0.1) is 0 Å². The van der Waals surface area contributed by atoms with Gasteiger partial charge in [0.25, 0.3) is 5.56 Å². The van der Waals surface area contributed by atoms with Crippen LogP contribution < -0.4 is 29.1 Å². The number of hydrogen-bond acceptors (Lipinski definition) is 8. The number of rotatable bonds is 9. The van der Waals surface area contributed by atoms with Crippen LogP contribution in [0.1, 0.15) is 36.6 Å². The molecule has 10 heteroatoms. The molecule has 0 bridgehead atoms. The lowest BCUT2D eigenvalue weighted by atomic mass is 9.96. The number of nitrogens with zero attached hydrogens (tertiary/aromatic N) is 2. The highest BCUT2D eigenvalue weighted by molar-refractivity contribution is 7.07. The number of methoxy groups -OCH3 is 2. The summed E-state index contributed by atoms with van der Waals surface area (Å²) < 4.78 is 24.2. The average molecular weight is 605 g/mol. The van der Waals surface area contributed by atoms with Crippen LogP contribution in [-0.2, 0) is 16.1 Å². The van der Waals surface area contributed by atoms with Gasteiger partial charge in [0.2, 0.25) is 0 Å². The fourth-order valence-corrected chi connectivity index (χ4v) is 5.85. The van der Waals surface area contributed by atoms with Crippen molar-refractivity contribution < 1.29 is 23.7 Å².